The van der Waals surface area contributed by atoms with Gasteiger partial charge >= 0.3 is 0 Å². The molecule has 1 aliphatic carbocycles. The Morgan fingerprint density at radius 1 is 1.32 bits per heavy atom. The van der Waals surface area contributed by atoms with Crippen LogP contribution in [0.25, 0.3) is 0 Å². The van der Waals surface area contributed by atoms with Crippen molar-refractivity contribution in [2.45, 2.75) is 37.6 Å². The van der Waals surface area contributed by atoms with E-state index < -0.39 is 23.6 Å². The Hall–Kier alpha value is -3.07. The van der Waals surface area contributed by atoms with Gasteiger partial charge in [-0.25, -0.2) is 8.78 Å². The van der Waals surface area contributed by atoms with Crippen LogP contribution in [0.15, 0.2) is 47.1 Å². The van der Waals surface area contributed by atoms with Crippen LogP contribution in [-0.4, -0.2) is 72.4 Å². The van der Waals surface area contributed by atoms with E-state index in [1.165, 1.54) is 0 Å². The zero-order valence-electron chi connectivity index (χ0n) is 17.3. The number of hydrogen-bond donors (Lipinski definition) is 1. The number of rotatable bonds is 5. The van der Waals surface area contributed by atoms with Gasteiger partial charge in [0, 0.05) is 32.0 Å². The van der Waals surface area contributed by atoms with Gasteiger partial charge in [0.05, 0.1) is 24.0 Å². The maximum absolute atomic E-state index is 13.9. The van der Waals surface area contributed by atoms with Crippen LogP contribution in [0.1, 0.15) is 23.7 Å². The van der Waals surface area contributed by atoms with Gasteiger partial charge in [-0.05, 0) is 37.6 Å². The first-order valence-corrected chi connectivity index (χ1v) is 10.2. The summed E-state index contributed by atoms with van der Waals surface area (Å²) in [6, 6.07) is 2.14. The average Bonchev–Trinajstić information content (AvgIpc) is 3.33. The van der Waals surface area contributed by atoms with Crippen molar-refractivity contribution in [3.05, 3.63) is 59.3 Å². The predicted octanol–water partition coefficient (Wildman–Crippen LogP) is 1.87. The highest BCUT2D eigenvalue weighted by atomic mass is 19.1. The molecule has 2 aliphatic heterocycles. The van der Waals surface area contributed by atoms with Gasteiger partial charge in [-0.15, -0.1) is 0 Å². The lowest BCUT2D eigenvalue weighted by Crippen LogP contribution is -2.45. The smallest absolute Gasteiger partial charge is 0.254 e. The summed E-state index contributed by atoms with van der Waals surface area (Å²) in [6.45, 7) is 3.26. The summed E-state index contributed by atoms with van der Waals surface area (Å²) < 4.78 is 32.6. The molecule has 9 heteroatoms. The summed E-state index contributed by atoms with van der Waals surface area (Å²) in [5.74, 6) is -2.76. The predicted molar refractivity (Wildman–Crippen MR) is 110 cm³/mol. The van der Waals surface area contributed by atoms with Gasteiger partial charge in [0.2, 0.25) is 5.91 Å². The number of carbonyl (C=O) groups is 2. The van der Waals surface area contributed by atoms with E-state index >= 15 is 0 Å². The fraction of sp³-hybridized carbons (Fsp3) is 0.409. The van der Waals surface area contributed by atoms with Crippen LogP contribution in [0.3, 0.4) is 0 Å². The van der Waals surface area contributed by atoms with E-state index in [1.54, 1.807) is 12.0 Å². The van der Waals surface area contributed by atoms with Crippen molar-refractivity contribution >= 4 is 18.2 Å². The molecule has 4 rings (SSSR count). The SMILES string of the molecule is COC1C=C(N2CCC(NC(=O)c3ccc(F)cc3F)C2=O)C=CC1N1C=NC(C)C1. The van der Waals surface area contributed by atoms with E-state index in [0.717, 1.165) is 18.7 Å². The molecular weight excluding hydrogens is 406 g/mol. The van der Waals surface area contributed by atoms with E-state index in [-0.39, 0.29) is 29.7 Å². The molecule has 1 N–H and O–H groups in total. The van der Waals surface area contributed by atoms with Gasteiger partial charge in [-0.2, -0.15) is 0 Å². The van der Waals surface area contributed by atoms with Crippen molar-refractivity contribution in [3.8, 4) is 0 Å². The Kier molecular flexibility index (Phi) is 5.86. The van der Waals surface area contributed by atoms with E-state index in [0.29, 0.717) is 24.7 Å². The number of aliphatic imine (C=N–C) groups is 1. The van der Waals surface area contributed by atoms with Crippen molar-refractivity contribution in [1.82, 2.24) is 15.1 Å². The highest BCUT2D eigenvalue weighted by molar-refractivity contribution is 5.98. The molecule has 0 aromatic heterocycles. The van der Waals surface area contributed by atoms with E-state index in [9.17, 15) is 18.4 Å². The molecular formula is C22H24F2N4O3. The first kappa shape index (κ1) is 21.2. The van der Waals surface area contributed by atoms with Crippen LogP contribution < -0.4 is 5.32 Å². The summed E-state index contributed by atoms with van der Waals surface area (Å²) in [5.41, 5.74) is 0.398. The second kappa shape index (κ2) is 8.58. The van der Waals surface area contributed by atoms with Crippen LogP contribution in [0.4, 0.5) is 8.78 Å². The van der Waals surface area contributed by atoms with E-state index in [4.69, 9.17) is 4.74 Å². The minimum atomic E-state index is -0.966. The molecule has 1 aromatic rings. The van der Waals surface area contributed by atoms with Crippen LogP contribution in [0, 0.1) is 11.6 Å². The summed E-state index contributed by atoms with van der Waals surface area (Å²) >= 11 is 0. The van der Waals surface area contributed by atoms with Gasteiger partial charge in [0.15, 0.2) is 0 Å². The lowest BCUT2D eigenvalue weighted by atomic mass is 10.0. The van der Waals surface area contributed by atoms with Crippen molar-refractivity contribution < 1.29 is 23.1 Å². The van der Waals surface area contributed by atoms with Crippen LogP contribution >= 0.6 is 0 Å². The van der Waals surface area contributed by atoms with Gasteiger partial charge < -0.3 is 19.9 Å². The van der Waals surface area contributed by atoms with Crippen molar-refractivity contribution in [3.63, 3.8) is 0 Å². The second-order valence-electron chi connectivity index (χ2n) is 7.88. The number of ether oxygens (including phenoxy) is 1. The maximum Gasteiger partial charge on any atom is 0.254 e. The topological polar surface area (TPSA) is 74.2 Å². The highest BCUT2D eigenvalue weighted by Crippen LogP contribution is 2.26. The molecule has 3 aliphatic rings. The molecule has 4 atom stereocenters. The minimum absolute atomic E-state index is 0.0166. The van der Waals surface area contributed by atoms with Crippen molar-refractivity contribution in [2.75, 3.05) is 20.2 Å². The molecule has 1 fully saturated rings. The first-order valence-electron chi connectivity index (χ1n) is 10.2. The Morgan fingerprint density at radius 2 is 2.13 bits per heavy atom. The van der Waals surface area contributed by atoms with Gasteiger partial charge in [-0.1, -0.05) is 6.08 Å². The Balaban J connectivity index is 1.43. The lowest BCUT2D eigenvalue weighted by molar-refractivity contribution is -0.127. The second-order valence-corrected chi connectivity index (χ2v) is 7.88. The molecule has 2 heterocycles. The fourth-order valence-electron chi connectivity index (χ4n) is 4.09. The maximum atomic E-state index is 13.9. The summed E-state index contributed by atoms with van der Waals surface area (Å²) in [5, 5.41) is 2.56. The third kappa shape index (κ3) is 4.23. The zero-order chi connectivity index (χ0) is 22.1. The van der Waals surface area contributed by atoms with Crippen LogP contribution in [0.5, 0.6) is 0 Å². The van der Waals surface area contributed by atoms with Crippen molar-refractivity contribution in [2.24, 2.45) is 4.99 Å². The number of likely N-dealkylation sites (tertiary alicyclic amines) is 1. The number of methoxy groups -OCH3 is 1. The number of amides is 2. The van der Waals surface area contributed by atoms with Crippen LogP contribution in [-0.2, 0) is 9.53 Å². The van der Waals surface area contributed by atoms with Gasteiger partial charge in [-0.3, -0.25) is 14.6 Å². The molecule has 0 spiro atoms. The molecule has 0 radical (unpaired) electrons. The Bertz CT molecular complexity index is 978. The summed E-state index contributed by atoms with van der Waals surface area (Å²) in [4.78, 5) is 33.3. The first-order chi connectivity index (χ1) is 14.9. The molecule has 1 saturated heterocycles. The molecule has 0 bridgehead atoms. The number of nitrogens with zero attached hydrogens (tertiary/aromatic N) is 3. The van der Waals surface area contributed by atoms with Gasteiger partial charge in [0.1, 0.15) is 23.8 Å². The number of carbonyl (C=O) groups excluding carboxylic acids is 2. The third-order valence-electron chi connectivity index (χ3n) is 5.73. The molecule has 4 unspecified atom stereocenters. The monoisotopic (exact) mass is 430 g/mol. The molecule has 0 saturated carbocycles. The number of allylic oxidation sites excluding steroid dienone is 1. The number of nitrogens with one attached hydrogen (secondary N) is 1. The Labute approximate surface area is 179 Å². The van der Waals surface area contributed by atoms with Crippen molar-refractivity contribution in [1.29, 1.82) is 0 Å². The quantitative estimate of drug-likeness (QED) is 0.774. The lowest BCUT2D eigenvalue weighted by Gasteiger charge is -2.33. The molecule has 164 valence electrons. The zero-order valence-corrected chi connectivity index (χ0v) is 17.3. The largest absolute Gasteiger partial charge is 0.375 e. The summed E-state index contributed by atoms with van der Waals surface area (Å²) in [7, 11) is 1.62. The molecule has 2 amide bonds. The average molecular weight is 430 g/mol. The van der Waals surface area contributed by atoms with E-state index in [2.05, 4.69) is 15.2 Å². The van der Waals surface area contributed by atoms with Crippen LogP contribution in [0.2, 0.25) is 0 Å². The molecule has 7 nitrogen and oxygen atoms in total. The summed E-state index contributed by atoms with van der Waals surface area (Å²) in [6.07, 6.45) is 7.70. The van der Waals surface area contributed by atoms with Gasteiger partial charge in [0.25, 0.3) is 5.91 Å². The fourth-order valence-corrected chi connectivity index (χ4v) is 4.09. The Morgan fingerprint density at radius 3 is 2.81 bits per heavy atom. The highest BCUT2D eigenvalue weighted by Gasteiger charge is 2.37. The number of hydrogen-bond acceptors (Lipinski definition) is 5. The standard InChI is InChI=1S/C22H24F2N4O3/c1-13-11-27(12-25-13)19-6-4-15(10-20(19)31-2)28-8-7-18(22(28)30)26-21(29)16-5-3-14(23)9-17(16)24/h3-6,9-10,12-13,18-20H,7-8,11H2,1-2H3,(H,26,29). The third-order valence-corrected chi connectivity index (χ3v) is 5.73. The normalized spacial score (nSPS) is 27.7. The minimum Gasteiger partial charge on any atom is -0.375 e. The molecule has 1 aromatic carbocycles. The number of halogens is 2. The number of benzene rings is 1. The van der Waals surface area contributed by atoms with E-state index in [1.807, 2.05) is 31.5 Å². The molecule has 31 heavy (non-hydrogen) atoms.